The minimum absolute atomic E-state index is 0.00950. The van der Waals surface area contributed by atoms with Crippen LogP contribution < -0.4 is 15.0 Å². The second-order valence-corrected chi connectivity index (χ2v) is 10.7. The second kappa shape index (κ2) is 12.7. The van der Waals surface area contributed by atoms with Gasteiger partial charge in [-0.05, 0) is 62.6 Å². The highest BCUT2D eigenvalue weighted by molar-refractivity contribution is 5.94. The third-order valence-electron chi connectivity index (χ3n) is 8.49. The fourth-order valence-electron chi connectivity index (χ4n) is 5.98. The maximum absolute atomic E-state index is 12.9. The van der Waals surface area contributed by atoms with Gasteiger partial charge in [0.15, 0.2) is 0 Å². The van der Waals surface area contributed by atoms with E-state index in [1.807, 2.05) is 56.3 Å². The van der Waals surface area contributed by atoms with Crippen molar-refractivity contribution in [1.82, 2.24) is 15.1 Å². The Hall–Kier alpha value is -3.88. The van der Waals surface area contributed by atoms with E-state index in [-0.39, 0.29) is 11.8 Å². The van der Waals surface area contributed by atoms with Crippen LogP contribution in [0.2, 0.25) is 0 Å². The average Bonchev–Trinajstić information content (AvgIpc) is 3.33. The molecule has 2 N–H and O–H groups in total. The van der Waals surface area contributed by atoms with Crippen molar-refractivity contribution in [1.29, 1.82) is 0 Å². The highest BCUT2D eigenvalue weighted by atomic mass is 16.5. The quantitative estimate of drug-likeness (QED) is 0.392. The molecule has 0 radical (unpaired) electrons. The summed E-state index contributed by atoms with van der Waals surface area (Å²) in [6, 6.07) is 24.8. The molecule has 8 nitrogen and oxygen atoms in total. The molecule has 41 heavy (non-hydrogen) atoms. The highest BCUT2D eigenvalue weighted by Crippen LogP contribution is 2.36. The molecule has 1 atom stereocenters. The number of para-hydroxylation sites is 2. The lowest BCUT2D eigenvalue weighted by Crippen LogP contribution is -2.56. The van der Waals surface area contributed by atoms with E-state index in [2.05, 4.69) is 27.2 Å². The van der Waals surface area contributed by atoms with Gasteiger partial charge in [0.05, 0.1) is 6.67 Å². The first-order chi connectivity index (χ1) is 20.0. The van der Waals surface area contributed by atoms with Crippen molar-refractivity contribution in [3.8, 4) is 5.75 Å². The van der Waals surface area contributed by atoms with E-state index in [0.717, 1.165) is 38.2 Å². The molecular formula is C33H40N4O4. The van der Waals surface area contributed by atoms with Crippen LogP contribution in [-0.2, 0) is 4.79 Å². The lowest BCUT2D eigenvalue weighted by Gasteiger charge is -2.43. The summed E-state index contributed by atoms with van der Waals surface area (Å²) in [7, 11) is 0. The van der Waals surface area contributed by atoms with E-state index < -0.39 is 11.6 Å². The van der Waals surface area contributed by atoms with Crippen LogP contribution in [0.4, 0.5) is 5.69 Å². The summed E-state index contributed by atoms with van der Waals surface area (Å²) < 4.78 is 6.18. The summed E-state index contributed by atoms with van der Waals surface area (Å²) in [5.74, 6) is 0.748. The number of nitrogens with zero attached hydrogens (tertiary/aromatic N) is 3. The van der Waals surface area contributed by atoms with Crippen molar-refractivity contribution in [3.63, 3.8) is 0 Å². The third kappa shape index (κ3) is 5.94. The van der Waals surface area contributed by atoms with Crippen LogP contribution >= 0.6 is 0 Å². The van der Waals surface area contributed by atoms with Gasteiger partial charge in [0.25, 0.3) is 5.91 Å². The van der Waals surface area contributed by atoms with Gasteiger partial charge in [-0.25, -0.2) is 0 Å². The number of hydrogen-bond acceptors (Lipinski definition) is 6. The second-order valence-electron chi connectivity index (χ2n) is 10.7. The fourth-order valence-corrected chi connectivity index (χ4v) is 5.98. The van der Waals surface area contributed by atoms with Gasteiger partial charge in [-0.3, -0.25) is 14.5 Å². The SMILES string of the molecule is CCN(CC)C(=O)c1ccc(C(O)c2ccccc2OCCN2CCC3(CC2)C(=O)NCN3c2ccccc2)cc1. The number of hydrogen-bond donors (Lipinski definition) is 2. The van der Waals surface area contributed by atoms with Gasteiger partial charge in [0.2, 0.25) is 5.91 Å². The van der Waals surface area contributed by atoms with Gasteiger partial charge in [-0.1, -0.05) is 48.5 Å². The Morgan fingerprint density at radius 1 is 0.976 bits per heavy atom. The maximum atomic E-state index is 12.9. The first kappa shape index (κ1) is 28.6. The molecule has 8 heteroatoms. The number of amides is 2. The number of ether oxygens (including phenoxy) is 1. The molecule has 216 valence electrons. The average molecular weight is 557 g/mol. The predicted octanol–water partition coefficient (Wildman–Crippen LogP) is 4.06. The number of rotatable bonds is 10. The predicted molar refractivity (Wildman–Crippen MR) is 160 cm³/mol. The largest absolute Gasteiger partial charge is 0.492 e. The van der Waals surface area contributed by atoms with Gasteiger partial charge in [-0.15, -0.1) is 0 Å². The van der Waals surface area contributed by atoms with Gasteiger partial charge >= 0.3 is 0 Å². The monoisotopic (exact) mass is 556 g/mol. The summed E-state index contributed by atoms with van der Waals surface area (Å²) in [6.07, 6.45) is 0.648. The van der Waals surface area contributed by atoms with Crippen molar-refractivity contribution < 1.29 is 19.4 Å². The van der Waals surface area contributed by atoms with Crippen LogP contribution in [0, 0.1) is 0 Å². The Kier molecular flexibility index (Phi) is 8.90. The Bertz CT molecular complexity index is 1320. The highest BCUT2D eigenvalue weighted by Gasteiger charge is 2.50. The molecular weight excluding hydrogens is 516 g/mol. The molecule has 2 saturated heterocycles. The normalized spacial score (nSPS) is 17.3. The molecule has 2 aliphatic heterocycles. The van der Waals surface area contributed by atoms with Crippen molar-refractivity contribution >= 4 is 17.5 Å². The smallest absolute Gasteiger partial charge is 0.253 e. The summed E-state index contributed by atoms with van der Waals surface area (Å²) in [5.41, 5.74) is 2.58. The number of carbonyl (C=O) groups is 2. The zero-order valence-corrected chi connectivity index (χ0v) is 24.0. The van der Waals surface area contributed by atoms with Gasteiger partial charge in [0.1, 0.15) is 24.0 Å². The van der Waals surface area contributed by atoms with E-state index in [1.54, 1.807) is 29.2 Å². The van der Waals surface area contributed by atoms with Crippen LogP contribution in [0.1, 0.15) is 54.3 Å². The molecule has 0 aliphatic carbocycles. The number of nitrogens with one attached hydrogen (secondary N) is 1. The molecule has 2 fully saturated rings. The van der Waals surface area contributed by atoms with Crippen LogP contribution in [0.3, 0.4) is 0 Å². The maximum Gasteiger partial charge on any atom is 0.253 e. The number of anilines is 1. The molecule has 0 bridgehead atoms. The Morgan fingerprint density at radius 3 is 2.32 bits per heavy atom. The number of carbonyl (C=O) groups excluding carboxylic acids is 2. The molecule has 3 aromatic carbocycles. The molecule has 2 aliphatic rings. The van der Waals surface area contributed by atoms with Crippen LogP contribution in [0.5, 0.6) is 5.75 Å². The van der Waals surface area contributed by atoms with Crippen LogP contribution in [0.25, 0.3) is 0 Å². The Balaban J connectivity index is 1.17. The van der Waals surface area contributed by atoms with E-state index in [1.165, 1.54) is 0 Å². The molecule has 1 unspecified atom stereocenters. The lowest BCUT2D eigenvalue weighted by molar-refractivity contribution is -0.125. The number of piperidine rings is 1. The molecule has 5 rings (SSSR count). The molecule has 2 heterocycles. The Labute approximate surface area is 242 Å². The van der Waals surface area contributed by atoms with Crippen molar-refractivity contribution in [3.05, 3.63) is 95.6 Å². The molecule has 0 saturated carbocycles. The van der Waals surface area contributed by atoms with Gasteiger partial charge in [0, 0.05) is 49.5 Å². The minimum Gasteiger partial charge on any atom is -0.492 e. The molecule has 2 amide bonds. The molecule has 1 spiro atoms. The van der Waals surface area contributed by atoms with E-state index in [0.29, 0.717) is 48.8 Å². The number of aliphatic hydroxyl groups excluding tert-OH is 1. The van der Waals surface area contributed by atoms with Crippen molar-refractivity contribution in [2.24, 2.45) is 0 Å². The fraction of sp³-hybridized carbons (Fsp3) is 0.394. The van der Waals surface area contributed by atoms with E-state index in [4.69, 9.17) is 4.74 Å². The summed E-state index contributed by atoms with van der Waals surface area (Å²) in [5, 5.41) is 14.2. The first-order valence-corrected chi connectivity index (χ1v) is 14.6. The summed E-state index contributed by atoms with van der Waals surface area (Å²) in [4.78, 5) is 31.9. The Morgan fingerprint density at radius 2 is 1.63 bits per heavy atom. The van der Waals surface area contributed by atoms with E-state index >= 15 is 0 Å². The lowest BCUT2D eigenvalue weighted by atomic mass is 9.85. The molecule has 0 aromatic heterocycles. The first-order valence-electron chi connectivity index (χ1n) is 14.6. The number of likely N-dealkylation sites (tertiary alicyclic amines) is 1. The zero-order chi connectivity index (χ0) is 28.8. The summed E-state index contributed by atoms with van der Waals surface area (Å²) >= 11 is 0. The van der Waals surface area contributed by atoms with Gasteiger partial charge < -0.3 is 25.0 Å². The van der Waals surface area contributed by atoms with Crippen molar-refractivity contribution in [2.75, 3.05) is 50.9 Å². The molecule has 3 aromatic rings. The van der Waals surface area contributed by atoms with Crippen molar-refractivity contribution in [2.45, 2.75) is 38.3 Å². The third-order valence-corrected chi connectivity index (χ3v) is 8.49. The van der Waals surface area contributed by atoms with Crippen LogP contribution in [-0.4, -0.2) is 78.3 Å². The van der Waals surface area contributed by atoms with E-state index in [9.17, 15) is 14.7 Å². The number of aliphatic hydroxyl groups is 1. The standard InChI is InChI=1S/C33H40N4O4/c1-3-36(4-2)31(39)26-16-14-25(15-17-26)30(38)28-12-8-9-13-29(28)41-23-22-35-20-18-33(19-21-35)32(40)34-24-37(33)27-10-6-5-7-11-27/h5-17,30,38H,3-4,18-24H2,1-2H3,(H,34,40). The van der Waals surface area contributed by atoms with Gasteiger partial charge in [-0.2, -0.15) is 0 Å². The summed E-state index contributed by atoms with van der Waals surface area (Å²) in [6.45, 7) is 8.61. The minimum atomic E-state index is -0.872. The number of benzene rings is 3. The topological polar surface area (TPSA) is 85.4 Å². The zero-order valence-electron chi connectivity index (χ0n) is 24.0. The van der Waals surface area contributed by atoms with Crippen LogP contribution in [0.15, 0.2) is 78.9 Å².